The van der Waals surface area contributed by atoms with Crippen LogP contribution in [0.1, 0.15) is 52.7 Å². The number of benzene rings is 2. The first-order valence-electron chi connectivity index (χ1n) is 18.6. The Kier molecular flexibility index (Phi) is 16.2. The molecule has 2 saturated heterocycles. The Hall–Kier alpha value is -4.39. The Morgan fingerprint density at radius 3 is 1.88 bits per heavy atom. The Balaban J connectivity index is 1.86. The molecule has 18 heteroatoms. The first kappa shape index (κ1) is 45.3. The molecule has 2 aromatic rings. The number of carbonyl (C=O) groups excluding carboxylic acids is 3. The van der Waals surface area contributed by atoms with Gasteiger partial charge < -0.3 is 47.1 Å². The molecule has 0 aliphatic carbocycles. The summed E-state index contributed by atoms with van der Waals surface area (Å²) in [5, 5.41) is 11.9. The Morgan fingerprint density at radius 1 is 0.807 bits per heavy atom. The third-order valence-electron chi connectivity index (χ3n) is 9.87. The van der Waals surface area contributed by atoms with Crippen LogP contribution >= 0.6 is 0 Å². The topological polar surface area (TPSA) is 216 Å². The number of methoxy groups -OCH3 is 1. The molecular weight excluding hydrogens is 761 g/mol. The second kappa shape index (κ2) is 20.3. The summed E-state index contributed by atoms with van der Waals surface area (Å²) in [7, 11) is -1.50. The summed E-state index contributed by atoms with van der Waals surface area (Å²) in [5.74, 6) is -2.56. The standard InChI is InChI=1S/C39H54N4O13Si/c1-23(40)51-38-35(52-25(3)45)32(50-21-27-18-14-11-15-19-27)33(34(55-38)36(46)47-7)54-37-29(42-43-41)31(49-20-26-16-12-10-13-17-26)30(28(53-37)22-48-24(2)44)56-57(8,9)39(4,5)6/h10-19,28-35,37-38,40H,20-22H2,1-9H3/t28?,29-,30+,31?,32-,33-,34?,35?,37+,38-/m1/s1. The molecule has 10 atom stereocenters. The van der Waals surface area contributed by atoms with Crippen LogP contribution in [0.5, 0.6) is 0 Å². The molecule has 2 aliphatic heterocycles. The molecule has 4 rings (SSSR count). The number of azide groups is 1. The van der Waals surface area contributed by atoms with E-state index in [1.54, 1.807) is 0 Å². The average molecular weight is 815 g/mol. The second-order valence-corrected chi connectivity index (χ2v) is 20.0. The predicted molar refractivity (Wildman–Crippen MR) is 206 cm³/mol. The third-order valence-corrected chi connectivity index (χ3v) is 14.3. The van der Waals surface area contributed by atoms with E-state index in [1.165, 1.54) is 20.8 Å². The van der Waals surface area contributed by atoms with Crippen molar-refractivity contribution in [3.63, 3.8) is 0 Å². The van der Waals surface area contributed by atoms with E-state index < -0.39 is 87.6 Å². The molecule has 1 N–H and O–H groups in total. The SMILES string of the molecule is COC(=O)C1O[C@@H](OC(C)=N)C(OC(C)=O)[C@H](OCc2ccccc2)[C@H]1O[C@@H]1OC(COC(C)=O)[C@H](O[Si](C)(C)C(C)(C)C)C(OCc2ccccc2)[C@H]1N=[N+]=[N-]. The minimum Gasteiger partial charge on any atom is -0.467 e. The van der Waals surface area contributed by atoms with Crippen molar-refractivity contribution >= 4 is 32.1 Å². The number of carbonyl (C=O) groups is 3. The van der Waals surface area contributed by atoms with Crippen molar-refractivity contribution < 1.29 is 61.4 Å². The molecule has 2 fully saturated rings. The van der Waals surface area contributed by atoms with E-state index in [0.717, 1.165) is 18.2 Å². The van der Waals surface area contributed by atoms with Gasteiger partial charge in [0.2, 0.25) is 6.29 Å². The largest absolute Gasteiger partial charge is 0.467 e. The first-order chi connectivity index (χ1) is 26.9. The molecule has 312 valence electrons. The summed E-state index contributed by atoms with van der Waals surface area (Å²) in [4.78, 5) is 41.5. The van der Waals surface area contributed by atoms with Gasteiger partial charge in [-0.1, -0.05) is 86.5 Å². The zero-order chi connectivity index (χ0) is 41.9. The highest BCUT2D eigenvalue weighted by molar-refractivity contribution is 6.74. The molecule has 0 bridgehead atoms. The van der Waals surface area contributed by atoms with Gasteiger partial charge >= 0.3 is 17.9 Å². The van der Waals surface area contributed by atoms with Gasteiger partial charge in [0.15, 0.2) is 32.7 Å². The maximum Gasteiger partial charge on any atom is 0.338 e. The fourth-order valence-corrected chi connectivity index (χ4v) is 7.42. The van der Waals surface area contributed by atoms with Crippen molar-refractivity contribution in [2.45, 2.75) is 134 Å². The van der Waals surface area contributed by atoms with E-state index in [9.17, 15) is 19.9 Å². The van der Waals surface area contributed by atoms with Gasteiger partial charge in [0.05, 0.1) is 26.4 Å². The van der Waals surface area contributed by atoms with Crippen molar-refractivity contribution in [2.24, 2.45) is 5.11 Å². The van der Waals surface area contributed by atoms with Gasteiger partial charge in [-0.25, -0.2) is 4.79 Å². The maximum atomic E-state index is 13.6. The van der Waals surface area contributed by atoms with Crippen LogP contribution in [0.15, 0.2) is 65.8 Å². The molecule has 4 unspecified atom stereocenters. The zero-order valence-electron chi connectivity index (χ0n) is 33.8. The van der Waals surface area contributed by atoms with Crippen LogP contribution in [-0.4, -0.2) is 107 Å². The molecule has 0 aromatic heterocycles. The first-order valence-corrected chi connectivity index (χ1v) is 21.5. The Morgan fingerprint density at radius 2 is 1.39 bits per heavy atom. The maximum absolute atomic E-state index is 13.6. The lowest BCUT2D eigenvalue weighted by Crippen LogP contribution is -2.67. The van der Waals surface area contributed by atoms with E-state index in [-0.39, 0.29) is 30.8 Å². The lowest BCUT2D eigenvalue weighted by Gasteiger charge is -2.50. The molecule has 2 aliphatic rings. The highest BCUT2D eigenvalue weighted by atomic mass is 28.4. The van der Waals surface area contributed by atoms with Crippen LogP contribution < -0.4 is 0 Å². The number of ether oxygens (including phenoxy) is 9. The predicted octanol–water partition coefficient (Wildman–Crippen LogP) is 5.74. The minimum atomic E-state index is -2.65. The van der Waals surface area contributed by atoms with Gasteiger partial charge in [-0.2, -0.15) is 0 Å². The summed E-state index contributed by atoms with van der Waals surface area (Å²) in [6, 6.07) is 17.1. The molecular formula is C39H54N4O13Si. The normalized spacial score (nSPS) is 27.7. The van der Waals surface area contributed by atoms with Crippen molar-refractivity contribution in [3.05, 3.63) is 82.2 Å². The van der Waals surface area contributed by atoms with Gasteiger partial charge in [-0.05, 0) is 34.8 Å². The third kappa shape index (κ3) is 12.3. The van der Waals surface area contributed by atoms with E-state index in [0.29, 0.717) is 0 Å². The fourth-order valence-electron chi connectivity index (χ4n) is 6.10. The summed E-state index contributed by atoms with van der Waals surface area (Å²) in [6.45, 7) is 13.7. The van der Waals surface area contributed by atoms with E-state index >= 15 is 0 Å². The number of nitrogens with one attached hydrogen (secondary N) is 1. The van der Waals surface area contributed by atoms with E-state index in [4.69, 9.17) is 52.5 Å². The monoisotopic (exact) mass is 814 g/mol. The molecule has 17 nitrogen and oxygen atoms in total. The van der Waals surface area contributed by atoms with E-state index in [2.05, 4.69) is 30.8 Å². The number of hydrogen-bond donors (Lipinski definition) is 1. The molecule has 2 aromatic carbocycles. The van der Waals surface area contributed by atoms with E-state index in [1.807, 2.05) is 73.8 Å². The fraction of sp³-hybridized carbons (Fsp3) is 0.590. The molecule has 0 amide bonds. The lowest BCUT2D eigenvalue weighted by atomic mass is 9.95. The molecule has 0 saturated carbocycles. The summed E-state index contributed by atoms with van der Waals surface area (Å²) in [6.07, 6.45) is -12.0. The molecule has 57 heavy (non-hydrogen) atoms. The van der Waals surface area contributed by atoms with Crippen LogP contribution in [0, 0.1) is 5.41 Å². The summed E-state index contributed by atoms with van der Waals surface area (Å²) >= 11 is 0. The van der Waals surface area contributed by atoms with Crippen LogP contribution in [0.25, 0.3) is 10.4 Å². The van der Waals surface area contributed by atoms with Gasteiger partial charge in [-0.3, -0.25) is 15.0 Å². The van der Waals surface area contributed by atoms with Crippen LogP contribution in [0.2, 0.25) is 18.1 Å². The van der Waals surface area contributed by atoms with Gasteiger partial charge in [-0.15, -0.1) is 0 Å². The summed E-state index contributed by atoms with van der Waals surface area (Å²) in [5.41, 5.74) is 11.5. The van der Waals surface area contributed by atoms with Crippen LogP contribution in [0.3, 0.4) is 0 Å². The van der Waals surface area contributed by atoms with Crippen molar-refractivity contribution in [1.82, 2.24) is 0 Å². The highest BCUT2D eigenvalue weighted by Crippen LogP contribution is 2.42. The second-order valence-electron chi connectivity index (χ2n) is 15.2. The number of esters is 3. The number of rotatable bonds is 16. The number of nitrogens with zero attached hydrogens (tertiary/aromatic N) is 3. The Labute approximate surface area is 333 Å². The average Bonchev–Trinajstić information content (AvgIpc) is 3.15. The smallest absolute Gasteiger partial charge is 0.338 e. The van der Waals surface area contributed by atoms with Gasteiger partial charge in [0.25, 0.3) is 0 Å². The van der Waals surface area contributed by atoms with Crippen LogP contribution in [-0.2, 0) is 74.7 Å². The quantitative estimate of drug-likeness (QED) is 0.0313. The minimum absolute atomic E-state index is 0.0566. The lowest BCUT2D eigenvalue weighted by molar-refractivity contribution is -0.339. The Bertz CT molecular complexity index is 1710. The number of hydrogen-bond acceptors (Lipinski definition) is 15. The molecule has 0 radical (unpaired) electrons. The van der Waals surface area contributed by atoms with Crippen molar-refractivity contribution in [3.8, 4) is 0 Å². The summed E-state index contributed by atoms with van der Waals surface area (Å²) < 4.78 is 61.2. The highest BCUT2D eigenvalue weighted by Gasteiger charge is 2.58. The van der Waals surface area contributed by atoms with Gasteiger partial charge in [0.1, 0.15) is 37.1 Å². The van der Waals surface area contributed by atoms with Crippen molar-refractivity contribution in [2.75, 3.05) is 13.7 Å². The molecule has 0 spiro atoms. The van der Waals surface area contributed by atoms with Gasteiger partial charge in [0, 0.05) is 25.7 Å². The molecule has 2 heterocycles. The van der Waals surface area contributed by atoms with Crippen molar-refractivity contribution in [1.29, 1.82) is 5.41 Å². The zero-order valence-corrected chi connectivity index (χ0v) is 34.8. The van der Waals surface area contributed by atoms with Crippen LogP contribution in [0.4, 0.5) is 0 Å².